The molecule has 2 aromatic rings. The largest absolute Gasteiger partial charge is 0.312 e. The van der Waals surface area contributed by atoms with Gasteiger partial charge in [-0.2, -0.15) is 0 Å². The van der Waals surface area contributed by atoms with Gasteiger partial charge in [0.1, 0.15) is 0 Å². The second kappa shape index (κ2) is 7.27. The molecule has 3 rings (SSSR count). The van der Waals surface area contributed by atoms with E-state index in [0.29, 0.717) is 6.04 Å². The van der Waals surface area contributed by atoms with Crippen LogP contribution in [-0.4, -0.2) is 27.9 Å². The van der Waals surface area contributed by atoms with Crippen LogP contribution < -0.4 is 4.87 Å². The molecule has 1 saturated carbocycles. The van der Waals surface area contributed by atoms with E-state index in [0.717, 1.165) is 22.7 Å². The highest BCUT2D eigenvalue weighted by molar-refractivity contribution is 7.09. The van der Waals surface area contributed by atoms with Crippen molar-refractivity contribution in [3.05, 3.63) is 48.9 Å². The zero-order valence-electron chi connectivity index (χ0n) is 13.7. The van der Waals surface area contributed by atoms with Gasteiger partial charge in [0.25, 0.3) is 5.69 Å². The van der Waals surface area contributed by atoms with Gasteiger partial charge in [0.05, 0.1) is 10.6 Å². The molecule has 1 aliphatic carbocycles. The lowest BCUT2D eigenvalue weighted by atomic mass is 9.94. The fraction of sp³-hybridized carbons (Fsp3) is 0.471. The van der Waals surface area contributed by atoms with Crippen molar-refractivity contribution in [2.45, 2.75) is 44.7 Å². The first-order valence-electron chi connectivity index (χ1n) is 8.21. The highest BCUT2D eigenvalue weighted by atomic mass is 32.1. The Morgan fingerprint density at radius 2 is 1.92 bits per heavy atom. The molecule has 7 heteroatoms. The number of hydrogen-bond acceptors (Lipinski definition) is 5. The number of nitrogens with one attached hydrogen (secondary N) is 1. The van der Waals surface area contributed by atoms with Gasteiger partial charge in [-0.1, -0.05) is 30.6 Å². The number of rotatable bonds is 5. The van der Waals surface area contributed by atoms with E-state index >= 15 is 0 Å². The summed E-state index contributed by atoms with van der Waals surface area (Å²) in [5.41, 5.74) is 1.64. The summed E-state index contributed by atoms with van der Waals surface area (Å²) in [5, 5.41) is 10.8. The minimum Gasteiger partial charge on any atom is -0.312 e. The van der Waals surface area contributed by atoms with Crippen LogP contribution in [0.15, 0.2) is 29.1 Å². The van der Waals surface area contributed by atoms with Crippen molar-refractivity contribution < 1.29 is 4.92 Å². The van der Waals surface area contributed by atoms with E-state index < -0.39 is 4.92 Å². The lowest BCUT2D eigenvalue weighted by Gasteiger charge is -2.30. The van der Waals surface area contributed by atoms with Crippen LogP contribution in [0.2, 0.25) is 0 Å². The van der Waals surface area contributed by atoms with Gasteiger partial charge in [-0.25, -0.2) is 0 Å². The van der Waals surface area contributed by atoms with E-state index in [1.807, 2.05) is 0 Å². The van der Waals surface area contributed by atoms with Gasteiger partial charge in [-0.3, -0.25) is 19.8 Å². The van der Waals surface area contributed by atoms with E-state index in [9.17, 15) is 14.9 Å². The molecular formula is C17H21N3O3S. The van der Waals surface area contributed by atoms with Gasteiger partial charge in [0.15, 0.2) is 0 Å². The van der Waals surface area contributed by atoms with Crippen molar-refractivity contribution in [2.24, 2.45) is 0 Å². The molecule has 0 aliphatic heterocycles. The van der Waals surface area contributed by atoms with Crippen LogP contribution in [0.3, 0.4) is 0 Å². The van der Waals surface area contributed by atoms with Crippen LogP contribution in [-0.2, 0) is 6.54 Å². The molecule has 0 spiro atoms. The number of nitro groups is 1. The Hall–Kier alpha value is -1.99. The van der Waals surface area contributed by atoms with Crippen LogP contribution >= 0.6 is 11.3 Å². The molecule has 0 unspecified atom stereocenters. The summed E-state index contributed by atoms with van der Waals surface area (Å²) in [6.45, 7) is 0.723. The first-order valence-corrected chi connectivity index (χ1v) is 9.03. The van der Waals surface area contributed by atoms with Gasteiger partial charge in [-0.15, -0.1) is 0 Å². The molecule has 0 atom stereocenters. The number of hydrogen-bond donors (Lipinski definition) is 1. The van der Waals surface area contributed by atoms with Gasteiger partial charge in [0.2, 0.25) is 0 Å². The number of aromatic amines is 1. The minimum absolute atomic E-state index is 0.0530. The van der Waals surface area contributed by atoms with Crippen LogP contribution in [0.1, 0.15) is 37.0 Å². The monoisotopic (exact) mass is 347 g/mol. The van der Waals surface area contributed by atoms with Crippen LogP contribution in [0, 0.1) is 10.1 Å². The van der Waals surface area contributed by atoms with Crippen molar-refractivity contribution in [2.75, 3.05) is 7.05 Å². The molecule has 0 amide bonds. The molecule has 0 radical (unpaired) electrons. The van der Waals surface area contributed by atoms with E-state index in [1.54, 1.807) is 12.1 Å². The van der Waals surface area contributed by atoms with Crippen LogP contribution in [0.4, 0.5) is 5.69 Å². The third kappa shape index (κ3) is 3.73. The quantitative estimate of drug-likeness (QED) is 0.659. The SMILES string of the molecule is CN(Cc1sc(=O)[nH]c1-c1ccc([N+](=O)[O-])cc1)C1CCCCC1. The molecule has 1 fully saturated rings. The Bertz CT molecular complexity index is 760. The lowest BCUT2D eigenvalue weighted by Crippen LogP contribution is -2.32. The number of aromatic nitrogens is 1. The molecule has 0 saturated heterocycles. The molecule has 1 aromatic carbocycles. The standard InChI is InChI=1S/C17H21N3O3S/c1-19(13-5-3-2-4-6-13)11-15-16(18-17(21)24-15)12-7-9-14(10-8-12)20(22)23/h7-10,13H,2-6,11H2,1H3,(H,18,21). The number of thiazole rings is 1. The molecule has 24 heavy (non-hydrogen) atoms. The second-order valence-corrected chi connectivity index (χ2v) is 7.39. The van der Waals surface area contributed by atoms with Gasteiger partial charge >= 0.3 is 4.87 Å². The molecule has 0 bridgehead atoms. The third-order valence-corrected chi connectivity index (χ3v) is 5.55. The Balaban J connectivity index is 1.82. The third-order valence-electron chi connectivity index (χ3n) is 4.68. The fourth-order valence-electron chi connectivity index (χ4n) is 3.33. The molecule has 1 aliphatic rings. The Labute approximate surface area is 144 Å². The fourth-order valence-corrected chi connectivity index (χ4v) is 4.25. The average Bonchev–Trinajstić information content (AvgIpc) is 2.96. The maximum atomic E-state index is 11.9. The topological polar surface area (TPSA) is 79.2 Å². The summed E-state index contributed by atoms with van der Waals surface area (Å²) < 4.78 is 0. The van der Waals surface area contributed by atoms with Crippen molar-refractivity contribution in [3.8, 4) is 11.3 Å². The number of nitro benzene ring substituents is 1. The summed E-state index contributed by atoms with van der Waals surface area (Å²) in [6.07, 6.45) is 6.28. The Morgan fingerprint density at radius 3 is 2.54 bits per heavy atom. The molecular weight excluding hydrogens is 326 g/mol. The Kier molecular flexibility index (Phi) is 5.11. The summed E-state index contributed by atoms with van der Waals surface area (Å²) >= 11 is 1.23. The predicted octanol–water partition coefficient (Wildman–Crippen LogP) is 3.78. The van der Waals surface area contributed by atoms with Crippen LogP contribution in [0.5, 0.6) is 0 Å². The summed E-state index contributed by atoms with van der Waals surface area (Å²) in [7, 11) is 2.11. The number of nitrogens with zero attached hydrogens (tertiary/aromatic N) is 2. The zero-order chi connectivity index (χ0) is 17.1. The molecule has 1 heterocycles. The van der Waals surface area contributed by atoms with Gasteiger partial charge in [-0.05, 0) is 37.6 Å². The number of H-pyrrole nitrogens is 1. The molecule has 6 nitrogen and oxygen atoms in total. The second-order valence-electron chi connectivity index (χ2n) is 6.32. The highest BCUT2D eigenvalue weighted by Crippen LogP contribution is 2.28. The Morgan fingerprint density at radius 1 is 1.25 bits per heavy atom. The van der Waals surface area contributed by atoms with E-state index in [2.05, 4.69) is 16.9 Å². The number of benzene rings is 1. The van der Waals surface area contributed by atoms with Gasteiger partial charge < -0.3 is 4.98 Å². The van der Waals surface area contributed by atoms with E-state index in [-0.39, 0.29) is 10.6 Å². The van der Waals surface area contributed by atoms with Gasteiger partial charge in [0, 0.05) is 29.6 Å². The molecule has 128 valence electrons. The van der Waals surface area contributed by atoms with E-state index in [4.69, 9.17) is 0 Å². The smallest absolute Gasteiger partial charge is 0.305 e. The van der Waals surface area contributed by atoms with Crippen molar-refractivity contribution >= 4 is 17.0 Å². The molecule has 1 N–H and O–H groups in total. The van der Waals surface area contributed by atoms with Crippen molar-refractivity contribution in [1.82, 2.24) is 9.88 Å². The maximum absolute atomic E-state index is 11.9. The average molecular weight is 347 g/mol. The summed E-state index contributed by atoms with van der Waals surface area (Å²) in [6, 6.07) is 6.90. The highest BCUT2D eigenvalue weighted by Gasteiger charge is 2.20. The molecule has 1 aromatic heterocycles. The number of non-ortho nitro benzene ring substituents is 1. The summed E-state index contributed by atoms with van der Waals surface area (Å²) in [4.78, 5) is 28.3. The maximum Gasteiger partial charge on any atom is 0.305 e. The predicted molar refractivity (Wildman–Crippen MR) is 95.4 cm³/mol. The summed E-state index contributed by atoms with van der Waals surface area (Å²) in [5.74, 6) is 0. The first-order chi connectivity index (χ1) is 11.5. The zero-order valence-corrected chi connectivity index (χ0v) is 14.5. The first kappa shape index (κ1) is 16.9. The van der Waals surface area contributed by atoms with Crippen LogP contribution in [0.25, 0.3) is 11.3 Å². The lowest BCUT2D eigenvalue weighted by molar-refractivity contribution is -0.384. The van der Waals surface area contributed by atoms with Crippen molar-refractivity contribution in [1.29, 1.82) is 0 Å². The minimum atomic E-state index is -0.419. The van der Waals surface area contributed by atoms with Crippen molar-refractivity contribution in [3.63, 3.8) is 0 Å². The normalized spacial score (nSPS) is 15.8. The van der Waals surface area contributed by atoms with E-state index in [1.165, 1.54) is 55.6 Å².